The number of nitriles is 1. The van der Waals surface area contributed by atoms with Gasteiger partial charge in [0.1, 0.15) is 12.3 Å². The van der Waals surface area contributed by atoms with Crippen molar-refractivity contribution in [1.82, 2.24) is 9.71 Å². The molecule has 0 radical (unpaired) electrons. The third kappa shape index (κ3) is 3.19. The van der Waals surface area contributed by atoms with Gasteiger partial charge in [0.2, 0.25) is 10.0 Å². The zero-order chi connectivity index (χ0) is 13.7. The standard InChI is InChI=1S/C12H11N3O3S/c13-7-10-3-1-2-4-12(10)19(16,17)15-6-5-11-8-18-9-14-11/h1-4,8-9,15H,5-6H2. The van der Waals surface area contributed by atoms with E-state index in [1.54, 1.807) is 12.1 Å². The monoisotopic (exact) mass is 277 g/mol. The van der Waals surface area contributed by atoms with Crippen molar-refractivity contribution in [1.29, 1.82) is 5.26 Å². The average Bonchev–Trinajstić information content (AvgIpc) is 2.91. The van der Waals surface area contributed by atoms with Crippen LogP contribution in [0.25, 0.3) is 0 Å². The SMILES string of the molecule is N#Cc1ccccc1S(=O)(=O)NCCc1cocn1. The quantitative estimate of drug-likeness (QED) is 0.881. The van der Waals surface area contributed by atoms with Crippen molar-refractivity contribution in [3.8, 4) is 6.07 Å². The Bertz CT molecular complexity index is 687. The van der Waals surface area contributed by atoms with Crippen LogP contribution in [0.2, 0.25) is 0 Å². The predicted molar refractivity (Wildman–Crippen MR) is 66.6 cm³/mol. The predicted octanol–water partition coefficient (Wildman–Crippen LogP) is 1.07. The summed E-state index contributed by atoms with van der Waals surface area (Å²) in [4.78, 5) is 3.87. The molecule has 0 fully saturated rings. The van der Waals surface area contributed by atoms with Gasteiger partial charge in [-0.05, 0) is 12.1 Å². The van der Waals surface area contributed by atoms with Crippen LogP contribution < -0.4 is 4.72 Å². The Morgan fingerprint density at radius 1 is 1.37 bits per heavy atom. The van der Waals surface area contributed by atoms with Gasteiger partial charge in [-0.25, -0.2) is 18.1 Å². The Labute approximate surface area is 110 Å². The van der Waals surface area contributed by atoms with Gasteiger partial charge >= 0.3 is 0 Å². The fourth-order valence-corrected chi connectivity index (χ4v) is 2.73. The summed E-state index contributed by atoms with van der Waals surface area (Å²) in [5, 5.41) is 8.89. The molecule has 0 bridgehead atoms. The molecule has 0 aliphatic carbocycles. The average molecular weight is 277 g/mol. The minimum Gasteiger partial charge on any atom is -0.451 e. The number of nitrogens with zero attached hydrogens (tertiary/aromatic N) is 2. The number of hydrogen-bond acceptors (Lipinski definition) is 5. The second-order valence-electron chi connectivity index (χ2n) is 3.74. The molecule has 0 amide bonds. The van der Waals surface area contributed by atoms with Crippen molar-refractivity contribution in [2.75, 3.05) is 6.54 Å². The van der Waals surface area contributed by atoms with E-state index in [-0.39, 0.29) is 17.0 Å². The van der Waals surface area contributed by atoms with Crippen LogP contribution in [0.3, 0.4) is 0 Å². The van der Waals surface area contributed by atoms with E-state index in [4.69, 9.17) is 9.68 Å². The van der Waals surface area contributed by atoms with Crippen molar-refractivity contribution in [2.45, 2.75) is 11.3 Å². The summed E-state index contributed by atoms with van der Waals surface area (Å²) in [5.74, 6) is 0. The topological polar surface area (TPSA) is 96.0 Å². The summed E-state index contributed by atoms with van der Waals surface area (Å²) in [6.07, 6.45) is 3.16. The number of benzene rings is 1. The van der Waals surface area contributed by atoms with E-state index < -0.39 is 10.0 Å². The number of sulfonamides is 1. The van der Waals surface area contributed by atoms with Crippen molar-refractivity contribution in [2.24, 2.45) is 0 Å². The number of hydrogen-bond donors (Lipinski definition) is 1. The smallest absolute Gasteiger partial charge is 0.241 e. The number of oxazole rings is 1. The minimum atomic E-state index is -3.69. The lowest BCUT2D eigenvalue weighted by Gasteiger charge is -2.06. The van der Waals surface area contributed by atoms with Crippen molar-refractivity contribution >= 4 is 10.0 Å². The molecule has 0 saturated heterocycles. The normalized spacial score (nSPS) is 11.1. The molecule has 0 atom stereocenters. The summed E-state index contributed by atoms with van der Waals surface area (Å²) in [5.41, 5.74) is 0.785. The molecular weight excluding hydrogens is 266 g/mol. The summed E-state index contributed by atoms with van der Waals surface area (Å²) in [6.45, 7) is 0.189. The Kier molecular flexibility index (Phi) is 3.94. The Morgan fingerprint density at radius 2 is 2.16 bits per heavy atom. The molecule has 2 aromatic rings. The lowest BCUT2D eigenvalue weighted by atomic mass is 10.2. The van der Waals surface area contributed by atoms with Gasteiger partial charge in [-0.2, -0.15) is 5.26 Å². The second-order valence-corrected chi connectivity index (χ2v) is 5.47. The van der Waals surface area contributed by atoms with E-state index in [1.807, 2.05) is 6.07 Å². The molecule has 0 saturated carbocycles. The van der Waals surface area contributed by atoms with Crippen LogP contribution in [0.1, 0.15) is 11.3 Å². The van der Waals surface area contributed by atoms with Crippen LogP contribution in [0.5, 0.6) is 0 Å². The van der Waals surface area contributed by atoms with Gasteiger partial charge in [0.05, 0.1) is 16.2 Å². The molecule has 7 heteroatoms. The van der Waals surface area contributed by atoms with Gasteiger partial charge in [0, 0.05) is 13.0 Å². The minimum absolute atomic E-state index is 0.0161. The van der Waals surface area contributed by atoms with E-state index in [0.29, 0.717) is 12.1 Å². The van der Waals surface area contributed by atoms with Crippen LogP contribution >= 0.6 is 0 Å². The molecule has 1 aromatic heterocycles. The zero-order valence-corrected chi connectivity index (χ0v) is 10.7. The maximum absolute atomic E-state index is 12.0. The summed E-state index contributed by atoms with van der Waals surface area (Å²) in [6, 6.07) is 7.92. The first kappa shape index (κ1) is 13.3. The molecule has 6 nitrogen and oxygen atoms in total. The van der Waals surface area contributed by atoms with Gasteiger partial charge in [0.15, 0.2) is 6.39 Å². The largest absolute Gasteiger partial charge is 0.451 e. The van der Waals surface area contributed by atoms with Crippen LogP contribution in [0.4, 0.5) is 0 Å². The molecule has 0 aliphatic rings. The van der Waals surface area contributed by atoms with Crippen molar-refractivity contribution in [3.63, 3.8) is 0 Å². The third-order valence-corrected chi connectivity index (χ3v) is 3.97. The number of nitrogens with one attached hydrogen (secondary N) is 1. The van der Waals surface area contributed by atoms with Crippen molar-refractivity contribution in [3.05, 3.63) is 48.2 Å². The third-order valence-electron chi connectivity index (χ3n) is 2.45. The van der Waals surface area contributed by atoms with E-state index >= 15 is 0 Å². The lowest BCUT2D eigenvalue weighted by Crippen LogP contribution is -2.26. The molecule has 19 heavy (non-hydrogen) atoms. The van der Waals surface area contributed by atoms with Gasteiger partial charge in [-0.3, -0.25) is 0 Å². The fraction of sp³-hybridized carbons (Fsp3) is 0.167. The lowest BCUT2D eigenvalue weighted by molar-refractivity contribution is 0.555. The first-order chi connectivity index (χ1) is 9.13. The molecule has 1 N–H and O–H groups in total. The molecule has 0 spiro atoms. The van der Waals surface area contributed by atoms with Gasteiger partial charge in [-0.15, -0.1) is 0 Å². The van der Waals surface area contributed by atoms with E-state index in [2.05, 4.69) is 9.71 Å². The van der Waals surface area contributed by atoms with Crippen LogP contribution in [-0.2, 0) is 16.4 Å². The molecule has 0 aliphatic heterocycles. The second kappa shape index (κ2) is 5.65. The van der Waals surface area contributed by atoms with Gasteiger partial charge in [-0.1, -0.05) is 12.1 Å². The van der Waals surface area contributed by atoms with Crippen LogP contribution in [-0.4, -0.2) is 19.9 Å². The van der Waals surface area contributed by atoms with Crippen molar-refractivity contribution < 1.29 is 12.8 Å². The van der Waals surface area contributed by atoms with E-state index in [1.165, 1.54) is 24.8 Å². The molecule has 0 unspecified atom stereocenters. The first-order valence-electron chi connectivity index (χ1n) is 5.49. The zero-order valence-electron chi connectivity index (χ0n) is 9.91. The number of rotatable bonds is 5. The maximum atomic E-state index is 12.0. The van der Waals surface area contributed by atoms with E-state index in [0.717, 1.165) is 0 Å². The van der Waals surface area contributed by atoms with Crippen LogP contribution in [0.15, 0.2) is 46.2 Å². The molecular formula is C12H11N3O3S. The highest BCUT2D eigenvalue weighted by atomic mass is 32.2. The summed E-state index contributed by atoms with van der Waals surface area (Å²) < 4.78 is 31.3. The maximum Gasteiger partial charge on any atom is 0.241 e. The van der Waals surface area contributed by atoms with Crippen LogP contribution in [0, 0.1) is 11.3 Å². The molecule has 98 valence electrons. The van der Waals surface area contributed by atoms with E-state index in [9.17, 15) is 8.42 Å². The Morgan fingerprint density at radius 3 is 2.84 bits per heavy atom. The Hall–Kier alpha value is -2.17. The van der Waals surface area contributed by atoms with Gasteiger partial charge < -0.3 is 4.42 Å². The molecule has 1 heterocycles. The number of aromatic nitrogens is 1. The molecule has 1 aromatic carbocycles. The highest BCUT2D eigenvalue weighted by Gasteiger charge is 2.17. The Balaban J connectivity index is 2.08. The molecule has 2 rings (SSSR count). The van der Waals surface area contributed by atoms with Gasteiger partial charge in [0.25, 0.3) is 0 Å². The highest BCUT2D eigenvalue weighted by Crippen LogP contribution is 2.13. The summed E-state index contributed by atoms with van der Waals surface area (Å²) >= 11 is 0. The first-order valence-corrected chi connectivity index (χ1v) is 6.97. The fourth-order valence-electron chi connectivity index (χ4n) is 1.55. The highest BCUT2D eigenvalue weighted by molar-refractivity contribution is 7.89. The summed E-state index contributed by atoms with van der Waals surface area (Å²) in [7, 11) is -3.69.